The highest BCUT2D eigenvalue weighted by atomic mass is 16.5. The molecule has 0 aromatic carbocycles. The minimum Gasteiger partial charge on any atom is -0.478 e. The molecule has 0 bridgehead atoms. The fraction of sp³-hybridized carbons (Fsp3) is 0.438. The van der Waals surface area contributed by atoms with E-state index >= 15 is 0 Å². The monoisotopic (exact) mass is 284 g/mol. The molecule has 0 atom stereocenters. The van der Waals surface area contributed by atoms with E-state index in [1.54, 1.807) is 6.20 Å². The van der Waals surface area contributed by atoms with Gasteiger partial charge >= 0.3 is 0 Å². The maximum Gasteiger partial charge on any atom is 0.218 e. The van der Waals surface area contributed by atoms with Gasteiger partial charge in [0, 0.05) is 18.2 Å². The highest BCUT2D eigenvalue weighted by Gasteiger charge is 2.27. The van der Waals surface area contributed by atoms with Crippen LogP contribution in [0.15, 0.2) is 30.5 Å². The lowest BCUT2D eigenvalue weighted by molar-refractivity contribution is 0.303. The Morgan fingerprint density at radius 2 is 2.19 bits per heavy atom. The summed E-state index contributed by atoms with van der Waals surface area (Å²) in [5.74, 6) is 2.87. The van der Waals surface area contributed by atoms with Crippen LogP contribution in [0.25, 0.3) is 0 Å². The van der Waals surface area contributed by atoms with E-state index in [9.17, 15) is 0 Å². The van der Waals surface area contributed by atoms with E-state index in [0.717, 1.165) is 23.8 Å². The second-order valence-corrected chi connectivity index (χ2v) is 5.25. The number of aromatic nitrogens is 3. The summed E-state index contributed by atoms with van der Waals surface area (Å²) < 4.78 is 5.66. The Morgan fingerprint density at radius 3 is 2.90 bits per heavy atom. The van der Waals surface area contributed by atoms with Crippen LogP contribution >= 0.6 is 0 Å². The maximum atomic E-state index is 5.66. The van der Waals surface area contributed by atoms with Crippen LogP contribution in [0.5, 0.6) is 5.88 Å². The van der Waals surface area contributed by atoms with Crippen LogP contribution in [-0.4, -0.2) is 21.6 Å². The van der Waals surface area contributed by atoms with Crippen LogP contribution in [0.4, 0.5) is 5.82 Å². The van der Waals surface area contributed by atoms with Gasteiger partial charge in [-0.3, -0.25) is 4.98 Å². The van der Waals surface area contributed by atoms with Crippen LogP contribution in [-0.2, 0) is 6.54 Å². The van der Waals surface area contributed by atoms with Gasteiger partial charge in [0.05, 0.1) is 18.8 Å². The van der Waals surface area contributed by atoms with Crippen molar-refractivity contribution in [2.75, 3.05) is 11.9 Å². The molecule has 0 unspecified atom stereocenters. The van der Waals surface area contributed by atoms with Gasteiger partial charge in [0.15, 0.2) is 0 Å². The number of pyridine rings is 1. The van der Waals surface area contributed by atoms with Crippen molar-refractivity contribution in [3.05, 3.63) is 42.0 Å². The Morgan fingerprint density at radius 1 is 1.29 bits per heavy atom. The van der Waals surface area contributed by atoms with E-state index in [1.807, 2.05) is 24.3 Å². The lowest BCUT2D eigenvalue weighted by Crippen LogP contribution is -2.07. The molecule has 0 aliphatic heterocycles. The zero-order valence-corrected chi connectivity index (χ0v) is 12.2. The minimum absolute atomic E-state index is 0.505. The summed E-state index contributed by atoms with van der Waals surface area (Å²) in [6, 6.07) is 7.75. The number of hydrogen-bond donors (Lipinski definition) is 1. The van der Waals surface area contributed by atoms with E-state index in [2.05, 4.69) is 27.2 Å². The first-order valence-corrected chi connectivity index (χ1v) is 7.50. The standard InChI is InChI=1S/C16H20N4O/c1-2-9-21-15-10-14(19-16(20-15)12-6-7-12)18-11-13-5-3-4-8-17-13/h3-5,8,10,12H,2,6-7,9,11H2,1H3,(H,18,19,20). The second kappa shape index (κ2) is 6.52. The van der Waals surface area contributed by atoms with Gasteiger partial charge in [-0.2, -0.15) is 4.98 Å². The van der Waals surface area contributed by atoms with Crippen molar-refractivity contribution in [2.24, 2.45) is 0 Å². The van der Waals surface area contributed by atoms with Gasteiger partial charge in [-0.15, -0.1) is 0 Å². The number of hydrogen-bond acceptors (Lipinski definition) is 5. The predicted octanol–water partition coefficient (Wildman–Crippen LogP) is 3.15. The number of anilines is 1. The Bertz CT molecular complexity index is 584. The first-order chi connectivity index (χ1) is 10.3. The molecule has 1 aliphatic rings. The summed E-state index contributed by atoms with van der Waals surface area (Å²) >= 11 is 0. The van der Waals surface area contributed by atoms with Gasteiger partial charge in [0.25, 0.3) is 0 Å². The minimum atomic E-state index is 0.505. The molecule has 0 spiro atoms. The van der Waals surface area contributed by atoms with E-state index < -0.39 is 0 Å². The molecule has 1 N–H and O–H groups in total. The molecular weight excluding hydrogens is 264 g/mol. The fourth-order valence-electron chi connectivity index (χ4n) is 2.02. The van der Waals surface area contributed by atoms with Crippen molar-refractivity contribution in [2.45, 2.75) is 38.6 Å². The maximum absolute atomic E-state index is 5.66. The lowest BCUT2D eigenvalue weighted by Gasteiger charge is -2.10. The van der Waals surface area contributed by atoms with Gasteiger partial charge in [0.1, 0.15) is 11.6 Å². The second-order valence-electron chi connectivity index (χ2n) is 5.25. The third-order valence-electron chi connectivity index (χ3n) is 3.29. The Hall–Kier alpha value is -2.17. The van der Waals surface area contributed by atoms with Gasteiger partial charge in [-0.05, 0) is 31.4 Å². The Balaban J connectivity index is 1.72. The Kier molecular flexibility index (Phi) is 4.28. The predicted molar refractivity (Wildman–Crippen MR) is 81.4 cm³/mol. The van der Waals surface area contributed by atoms with E-state index in [4.69, 9.17) is 4.74 Å². The molecule has 2 heterocycles. The van der Waals surface area contributed by atoms with Gasteiger partial charge in [-0.25, -0.2) is 4.98 Å². The molecule has 0 amide bonds. The average Bonchev–Trinajstić information content (AvgIpc) is 3.37. The highest BCUT2D eigenvalue weighted by Crippen LogP contribution is 2.39. The number of nitrogens with zero attached hydrogens (tertiary/aromatic N) is 3. The van der Waals surface area contributed by atoms with Crippen LogP contribution in [0, 0.1) is 0 Å². The quantitative estimate of drug-likeness (QED) is 0.846. The molecule has 2 aromatic rings. The van der Waals surface area contributed by atoms with Crippen LogP contribution in [0.1, 0.15) is 43.6 Å². The molecule has 0 saturated heterocycles. The summed E-state index contributed by atoms with van der Waals surface area (Å²) in [7, 11) is 0. The summed E-state index contributed by atoms with van der Waals surface area (Å²) in [6.07, 6.45) is 5.12. The molecule has 21 heavy (non-hydrogen) atoms. The van der Waals surface area contributed by atoms with E-state index in [1.165, 1.54) is 12.8 Å². The smallest absolute Gasteiger partial charge is 0.218 e. The first-order valence-electron chi connectivity index (χ1n) is 7.50. The molecule has 3 rings (SSSR count). The van der Waals surface area contributed by atoms with Crippen molar-refractivity contribution >= 4 is 5.82 Å². The number of ether oxygens (including phenoxy) is 1. The van der Waals surface area contributed by atoms with Gasteiger partial charge < -0.3 is 10.1 Å². The summed E-state index contributed by atoms with van der Waals surface area (Å²) in [5, 5.41) is 3.31. The Labute approximate surface area is 124 Å². The molecule has 110 valence electrons. The average molecular weight is 284 g/mol. The highest BCUT2D eigenvalue weighted by molar-refractivity contribution is 5.39. The molecule has 5 nitrogen and oxygen atoms in total. The first kappa shape index (κ1) is 13.8. The molecule has 1 saturated carbocycles. The molecular formula is C16H20N4O. The molecule has 5 heteroatoms. The van der Waals surface area contributed by atoms with Crippen molar-refractivity contribution < 1.29 is 4.74 Å². The van der Waals surface area contributed by atoms with Crippen LogP contribution in [0.3, 0.4) is 0 Å². The summed E-state index contributed by atoms with van der Waals surface area (Å²) in [5.41, 5.74) is 0.986. The molecule has 2 aromatic heterocycles. The molecule has 1 aliphatic carbocycles. The topological polar surface area (TPSA) is 59.9 Å². The van der Waals surface area contributed by atoms with E-state index in [0.29, 0.717) is 24.9 Å². The summed E-state index contributed by atoms with van der Waals surface area (Å²) in [4.78, 5) is 13.4. The number of rotatable bonds is 7. The van der Waals surface area contributed by atoms with Crippen LogP contribution < -0.4 is 10.1 Å². The van der Waals surface area contributed by atoms with Crippen LogP contribution in [0.2, 0.25) is 0 Å². The zero-order chi connectivity index (χ0) is 14.5. The molecule has 1 fully saturated rings. The largest absolute Gasteiger partial charge is 0.478 e. The normalized spacial score (nSPS) is 14.0. The van der Waals surface area contributed by atoms with Gasteiger partial charge in [-0.1, -0.05) is 13.0 Å². The van der Waals surface area contributed by atoms with Gasteiger partial charge in [0.2, 0.25) is 5.88 Å². The third kappa shape index (κ3) is 3.90. The summed E-state index contributed by atoms with van der Waals surface area (Å²) in [6.45, 7) is 3.42. The zero-order valence-electron chi connectivity index (χ0n) is 12.2. The third-order valence-corrected chi connectivity index (χ3v) is 3.29. The fourth-order valence-corrected chi connectivity index (χ4v) is 2.02. The van der Waals surface area contributed by atoms with Crippen molar-refractivity contribution in [1.82, 2.24) is 15.0 Å². The van der Waals surface area contributed by atoms with E-state index in [-0.39, 0.29) is 0 Å². The van der Waals surface area contributed by atoms with Crippen molar-refractivity contribution in [3.63, 3.8) is 0 Å². The van der Waals surface area contributed by atoms with Crippen molar-refractivity contribution in [3.8, 4) is 5.88 Å². The number of nitrogens with one attached hydrogen (secondary N) is 1. The molecule has 0 radical (unpaired) electrons. The SMILES string of the molecule is CCCOc1cc(NCc2ccccn2)nc(C2CC2)n1. The lowest BCUT2D eigenvalue weighted by atomic mass is 10.3. The van der Waals surface area contributed by atoms with Crippen molar-refractivity contribution in [1.29, 1.82) is 0 Å².